The highest BCUT2D eigenvalue weighted by Gasteiger charge is 2.22. The average molecular weight is 237 g/mol. The summed E-state index contributed by atoms with van der Waals surface area (Å²) in [4.78, 5) is 0. The van der Waals surface area contributed by atoms with Crippen LogP contribution >= 0.6 is 28.3 Å². The van der Waals surface area contributed by atoms with E-state index in [-0.39, 0.29) is 0 Å². The van der Waals surface area contributed by atoms with Crippen LogP contribution in [0, 0.1) is 20.8 Å². The van der Waals surface area contributed by atoms with E-state index in [2.05, 4.69) is 0 Å². The van der Waals surface area contributed by atoms with Crippen LogP contribution in [0.5, 0.6) is 0 Å². The zero-order chi connectivity index (χ0) is 10.2. The lowest BCUT2D eigenvalue weighted by Gasteiger charge is -2.11. The van der Waals surface area contributed by atoms with Crippen LogP contribution in [-0.4, -0.2) is 0 Å². The Labute approximate surface area is 88.0 Å². The molecule has 0 saturated carbocycles. The van der Waals surface area contributed by atoms with Crippen molar-refractivity contribution in [2.24, 2.45) is 0 Å². The summed E-state index contributed by atoms with van der Waals surface area (Å²) in [5.41, 5.74) is 2.91. The SMILES string of the molecule is Cc1cc(C)c(P(=O)(Cl)Cl)c(C)c1. The highest BCUT2D eigenvalue weighted by Crippen LogP contribution is 2.56. The van der Waals surface area contributed by atoms with Crippen molar-refractivity contribution >= 4 is 33.6 Å². The Morgan fingerprint density at radius 2 is 1.46 bits per heavy atom. The first-order valence-corrected chi connectivity index (χ1v) is 7.42. The molecule has 0 spiro atoms. The van der Waals surface area contributed by atoms with Crippen LogP contribution < -0.4 is 5.30 Å². The second-order valence-electron chi connectivity index (χ2n) is 3.21. The Bertz CT molecular complexity index is 358. The van der Waals surface area contributed by atoms with Crippen molar-refractivity contribution in [1.82, 2.24) is 0 Å². The zero-order valence-corrected chi connectivity index (χ0v) is 10.2. The van der Waals surface area contributed by atoms with Gasteiger partial charge in [-0.25, -0.2) is 0 Å². The molecule has 0 unspecified atom stereocenters. The van der Waals surface area contributed by atoms with Crippen LogP contribution in [-0.2, 0) is 4.57 Å². The Kier molecular flexibility index (Phi) is 3.12. The summed E-state index contributed by atoms with van der Waals surface area (Å²) in [6.45, 7) is 5.72. The lowest BCUT2D eigenvalue weighted by Crippen LogP contribution is -2.08. The van der Waals surface area contributed by atoms with Gasteiger partial charge in [-0.15, -0.1) is 0 Å². The largest absolute Gasteiger partial charge is 0.284 e. The zero-order valence-electron chi connectivity index (χ0n) is 7.77. The molecule has 0 atom stereocenters. The number of halogens is 2. The van der Waals surface area contributed by atoms with E-state index in [1.54, 1.807) is 0 Å². The van der Waals surface area contributed by atoms with Crippen molar-refractivity contribution in [3.63, 3.8) is 0 Å². The maximum atomic E-state index is 11.5. The van der Waals surface area contributed by atoms with Gasteiger partial charge >= 0.3 is 0 Å². The molecule has 0 saturated heterocycles. The number of aryl methyl sites for hydroxylation is 3. The molecule has 4 heteroatoms. The summed E-state index contributed by atoms with van der Waals surface area (Å²) in [5.74, 6) is -3.17. The number of rotatable bonds is 1. The third kappa shape index (κ3) is 2.49. The van der Waals surface area contributed by atoms with Crippen LogP contribution in [0.1, 0.15) is 16.7 Å². The van der Waals surface area contributed by atoms with Gasteiger partial charge in [0, 0.05) is 5.30 Å². The molecule has 0 aliphatic heterocycles. The second kappa shape index (κ2) is 3.65. The molecule has 72 valence electrons. The van der Waals surface area contributed by atoms with Crippen LogP contribution in [0.2, 0.25) is 0 Å². The van der Waals surface area contributed by atoms with Gasteiger partial charge < -0.3 is 0 Å². The van der Waals surface area contributed by atoms with Crippen molar-refractivity contribution in [2.45, 2.75) is 20.8 Å². The van der Waals surface area contributed by atoms with Gasteiger partial charge in [0.2, 0.25) is 0 Å². The summed E-state index contributed by atoms with van der Waals surface area (Å²) in [5, 5.41) is 0.585. The summed E-state index contributed by atoms with van der Waals surface area (Å²) in [7, 11) is 0. The maximum Gasteiger partial charge on any atom is 0.282 e. The van der Waals surface area contributed by atoms with Gasteiger partial charge in [-0.05, 0) is 54.4 Å². The minimum atomic E-state index is -3.17. The van der Waals surface area contributed by atoms with Gasteiger partial charge in [0.1, 0.15) is 0 Å². The van der Waals surface area contributed by atoms with E-state index in [4.69, 9.17) is 22.5 Å². The molecular weight excluding hydrogens is 226 g/mol. The van der Waals surface area contributed by atoms with E-state index in [9.17, 15) is 4.57 Å². The molecule has 0 heterocycles. The average Bonchev–Trinajstić information content (AvgIpc) is 1.78. The quantitative estimate of drug-likeness (QED) is 0.676. The predicted molar refractivity (Wildman–Crippen MR) is 59.6 cm³/mol. The minimum Gasteiger partial charge on any atom is -0.284 e. The lowest BCUT2D eigenvalue weighted by atomic mass is 10.1. The second-order valence-corrected chi connectivity index (χ2v) is 7.96. The summed E-state index contributed by atoms with van der Waals surface area (Å²) in [6.07, 6.45) is 0. The molecule has 0 aliphatic carbocycles. The minimum absolute atomic E-state index is 0.585. The Morgan fingerprint density at radius 1 is 1.08 bits per heavy atom. The lowest BCUT2D eigenvalue weighted by molar-refractivity contribution is 0.597. The van der Waals surface area contributed by atoms with Gasteiger partial charge in [0.25, 0.3) is 5.85 Å². The van der Waals surface area contributed by atoms with E-state index < -0.39 is 5.85 Å². The van der Waals surface area contributed by atoms with Crippen molar-refractivity contribution in [3.8, 4) is 0 Å². The Hall–Kier alpha value is 0.0300. The van der Waals surface area contributed by atoms with Crippen LogP contribution in [0.25, 0.3) is 0 Å². The monoisotopic (exact) mass is 236 g/mol. The van der Waals surface area contributed by atoms with Crippen molar-refractivity contribution in [1.29, 1.82) is 0 Å². The Balaban J connectivity index is 3.47. The van der Waals surface area contributed by atoms with Gasteiger partial charge in [0.15, 0.2) is 0 Å². The third-order valence-corrected chi connectivity index (χ3v) is 4.14. The first kappa shape index (κ1) is 11.1. The normalized spacial score (nSPS) is 11.8. The van der Waals surface area contributed by atoms with Crippen LogP contribution in [0.4, 0.5) is 0 Å². The standard InChI is InChI=1S/C9H11Cl2OP/c1-6-4-7(2)9(8(3)5-6)13(10,11)12/h4-5H,1-3H3. The topological polar surface area (TPSA) is 17.1 Å². The van der Waals surface area contributed by atoms with E-state index in [0.29, 0.717) is 5.30 Å². The molecule has 0 fully saturated rings. The fourth-order valence-corrected chi connectivity index (χ4v) is 4.13. The van der Waals surface area contributed by atoms with E-state index in [1.165, 1.54) is 0 Å². The molecule has 1 rings (SSSR count). The molecule has 0 amide bonds. The number of hydrogen-bond acceptors (Lipinski definition) is 1. The fraction of sp³-hybridized carbons (Fsp3) is 0.333. The highest BCUT2D eigenvalue weighted by molar-refractivity contribution is 8.13. The van der Waals surface area contributed by atoms with Crippen LogP contribution in [0.3, 0.4) is 0 Å². The van der Waals surface area contributed by atoms with Crippen LogP contribution in [0.15, 0.2) is 12.1 Å². The molecule has 1 aromatic rings. The molecule has 0 bridgehead atoms. The third-order valence-electron chi connectivity index (χ3n) is 1.90. The van der Waals surface area contributed by atoms with Gasteiger partial charge in [0.05, 0.1) is 0 Å². The Morgan fingerprint density at radius 3 is 1.77 bits per heavy atom. The first-order valence-electron chi connectivity index (χ1n) is 3.90. The molecule has 0 N–H and O–H groups in total. The summed E-state index contributed by atoms with van der Waals surface area (Å²) < 4.78 is 11.5. The van der Waals surface area contributed by atoms with E-state index in [0.717, 1.165) is 16.7 Å². The molecule has 13 heavy (non-hydrogen) atoms. The molecular formula is C9H11Cl2OP. The van der Waals surface area contributed by atoms with Crippen molar-refractivity contribution in [2.75, 3.05) is 0 Å². The predicted octanol–water partition coefficient (Wildman–Crippen LogP) is 3.91. The molecule has 0 aromatic heterocycles. The fourth-order valence-electron chi connectivity index (χ4n) is 1.58. The highest BCUT2D eigenvalue weighted by atomic mass is 35.9. The molecule has 0 radical (unpaired) electrons. The smallest absolute Gasteiger partial charge is 0.282 e. The van der Waals surface area contributed by atoms with Crippen molar-refractivity contribution in [3.05, 3.63) is 28.8 Å². The van der Waals surface area contributed by atoms with Crippen molar-refractivity contribution < 1.29 is 4.57 Å². The first-order chi connectivity index (χ1) is 5.82. The van der Waals surface area contributed by atoms with Gasteiger partial charge in [-0.1, -0.05) is 17.7 Å². The molecule has 1 nitrogen and oxygen atoms in total. The summed E-state index contributed by atoms with van der Waals surface area (Å²) in [6, 6.07) is 3.86. The molecule has 0 aliphatic rings. The molecule has 1 aromatic carbocycles. The number of hydrogen-bond donors (Lipinski definition) is 0. The number of benzene rings is 1. The maximum absolute atomic E-state index is 11.5. The van der Waals surface area contributed by atoms with Gasteiger partial charge in [-0.2, -0.15) is 0 Å². The van der Waals surface area contributed by atoms with Gasteiger partial charge in [-0.3, -0.25) is 4.57 Å². The van der Waals surface area contributed by atoms with E-state index in [1.807, 2.05) is 32.9 Å². The van der Waals surface area contributed by atoms with E-state index >= 15 is 0 Å². The summed E-state index contributed by atoms with van der Waals surface area (Å²) >= 11 is 11.3.